The predicted molar refractivity (Wildman–Crippen MR) is 84.4 cm³/mol. The smallest absolute Gasteiger partial charge is 0.240 e. The van der Waals surface area contributed by atoms with Crippen molar-refractivity contribution >= 4 is 19.9 Å². The van der Waals surface area contributed by atoms with Gasteiger partial charge in [0.2, 0.25) is 10.0 Å². The summed E-state index contributed by atoms with van der Waals surface area (Å²) >= 11 is 0. The summed E-state index contributed by atoms with van der Waals surface area (Å²) in [6, 6.07) is 3.26. The zero-order chi connectivity index (χ0) is 16.5. The zero-order valence-corrected chi connectivity index (χ0v) is 14.6. The molecule has 1 heterocycles. The molecule has 0 aliphatic carbocycles. The van der Waals surface area contributed by atoms with E-state index in [2.05, 4.69) is 4.72 Å². The van der Waals surface area contributed by atoms with Gasteiger partial charge in [0.1, 0.15) is 5.75 Å². The Bertz CT molecular complexity index is 769. The van der Waals surface area contributed by atoms with E-state index in [0.29, 0.717) is 17.7 Å². The average Bonchev–Trinajstić information content (AvgIpc) is 2.78. The van der Waals surface area contributed by atoms with Gasteiger partial charge in [-0.3, -0.25) is 0 Å². The molecule has 2 rings (SSSR count). The molecule has 6 nitrogen and oxygen atoms in total. The van der Waals surface area contributed by atoms with Gasteiger partial charge in [-0.2, -0.15) is 0 Å². The second-order valence-corrected chi connectivity index (χ2v) is 9.67. The minimum Gasteiger partial charge on any atom is -0.496 e. The van der Waals surface area contributed by atoms with E-state index in [1.807, 2.05) is 0 Å². The second-order valence-electron chi connectivity index (χ2n) is 5.71. The van der Waals surface area contributed by atoms with E-state index in [4.69, 9.17) is 4.74 Å². The van der Waals surface area contributed by atoms with E-state index in [0.717, 1.165) is 5.56 Å². The summed E-state index contributed by atoms with van der Waals surface area (Å²) in [5.41, 5.74) is 1.32. The Balaban J connectivity index is 2.16. The van der Waals surface area contributed by atoms with E-state index in [-0.39, 0.29) is 28.9 Å². The molecule has 1 unspecified atom stereocenters. The van der Waals surface area contributed by atoms with Gasteiger partial charge in [0.05, 0.1) is 23.5 Å². The van der Waals surface area contributed by atoms with Crippen molar-refractivity contribution in [3.05, 3.63) is 23.3 Å². The molecule has 0 bridgehead atoms. The van der Waals surface area contributed by atoms with E-state index < -0.39 is 19.9 Å². The number of hydrogen-bond donors (Lipinski definition) is 1. The lowest BCUT2D eigenvalue weighted by atomic mass is 10.1. The first kappa shape index (κ1) is 17.2. The molecule has 8 heteroatoms. The molecular formula is C14H21NO5S2. The maximum atomic E-state index is 12.4. The van der Waals surface area contributed by atoms with Crippen molar-refractivity contribution in [2.24, 2.45) is 5.92 Å². The van der Waals surface area contributed by atoms with E-state index in [9.17, 15) is 16.8 Å². The summed E-state index contributed by atoms with van der Waals surface area (Å²) in [5, 5.41) is 0. The Labute approximate surface area is 131 Å². The van der Waals surface area contributed by atoms with Crippen LogP contribution >= 0.6 is 0 Å². The first-order valence-electron chi connectivity index (χ1n) is 7.00. The van der Waals surface area contributed by atoms with Crippen LogP contribution in [0.2, 0.25) is 0 Å². The summed E-state index contributed by atoms with van der Waals surface area (Å²) in [4.78, 5) is 0.201. The fourth-order valence-corrected chi connectivity index (χ4v) is 5.90. The number of hydrogen-bond acceptors (Lipinski definition) is 5. The first-order valence-corrected chi connectivity index (χ1v) is 10.3. The minimum atomic E-state index is -3.66. The van der Waals surface area contributed by atoms with Gasteiger partial charge in [0, 0.05) is 6.54 Å². The van der Waals surface area contributed by atoms with Crippen LogP contribution in [0.15, 0.2) is 17.0 Å². The van der Waals surface area contributed by atoms with Crippen molar-refractivity contribution in [1.29, 1.82) is 0 Å². The topological polar surface area (TPSA) is 89.5 Å². The fourth-order valence-electron chi connectivity index (χ4n) is 2.61. The van der Waals surface area contributed by atoms with Crippen molar-refractivity contribution in [2.45, 2.75) is 25.2 Å². The van der Waals surface area contributed by atoms with E-state index in [1.165, 1.54) is 7.11 Å². The van der Waals surface area contributed by atoms with Gasteiger partial charge in [0.25, 0.3) is 0 Å². The number of rotatable bonds is 5. The van der Waals surface area contributed by atoms with Gasteiger partial charge in [-0.05, 0) is 49.4 Å². The molecule has 124 valence electrons. The third-order valence-corrected chi connectivity index (χ3v) is 7.27. The van der Waals surface area contributed by atoms with Crippen LogP contribution in [0.3, 0.4) is 0 Å². The summed E-state index contributed by atoms with van der Waals surface area (Å²) < 4.78 is 55.4. The normalized spacial score (nSPS) is 21.0. The van der Waals surface area contributed by atoms with E-state index >= 15 is 0 Å². The van der Waals surface area contributed by atoms with Crippen molar-refractivity contribution in [1.82, 2.24) is 4.72 Å². The standard InChI is InChI=1S/C14H21NO5S2/c1-10-7-14(11(2)6-13(10)20-3)22(18,19)15-8-12-4-5-21(16,17)9-12/h6-7,12,15H,4-5,8-9H2,1-3H3. The van der Waals surface area contributed by atoms with Crippen LogP contribution < -0.4 is 9.46 Å². The molecule has 1 atom stereocenters. The molecule has 1 aromatic carbocycles. The minimum absolute atomic E-state index is 0.0517. The lowest BCUT2D eigenvalue weighted by molar-refractivity contribution is 0.411. The van der Waals surface area contributed by atoms with E-state index in [1.54, 1.807) is 26.0 Å². The van der Waals surface area contributed by atoms with Crippen LogP contribution in [0.4, 0.5) is 0 Å². The molecule has 1 fully saturated rings. The van der Waals surface area contributed by atoms with Crippen LogP contribution in [0, 0.1) is 19.8 Å². The maximum Gasteiger partial charge on any atom is 0.240 e. The number of methoxy groups -OCH3 is 1. The van der Waals surface area contributed by atoms with Gasteiger partial charge in [-0.1, -0.05) is 0 Å². The molecule has 0 saturated carbocycles. The quantitative estimate of drug-likeness (QED) is 0.859. The highest BCUT2D eigenvalue weighted by molar-refractivity contribution is 7.91. The van der Waals surface area contributed by atoms with Crippen molar-refractivity contribution in [2.75, 3.05) is 25.2 Å². The average molecular weight is 347 g/mol. The van der Waals surface area contributed by atoms with Gasteiger partial charge in [-0.15, -0.1) is 0 Å². The lowest BCUT2D eigenvalue weighted by Crippen LogP contribution is -2.30. The monoisotopic (exact) mass is 347 g/mol. The molecule has 22 heavy (non-hydrogen) atoms. The third kappa shape index (κ3) is 3.80. The van der Waals surface area contributed by atoms with Crippen molar-refractivity contribution in [3.8, 4) is 5.75 Å². The van der Waals surface area contributed by atoms with Crippen LogP contribution in [0.25, 0.3) is 0 Å². The molecular weight excluding hydrogens is 326 g/mol. The largest absolute Gasteiger partial charge is 0.496 e. The highest BCUT2D eigenvalue weighted by Gasteiger charge is 2.29. The zero-order valence-electron chi connectivity index (χ0n) is 12.9. The number of ether oxygens (including phenoxy) is 1. The van der Waals surface area contributed by atoms with Crippen LogP contribution in [0.1, 0.15) is 17.5 Å². The van der Waals surface area contributed by atoms with Gasteiger partial charge < -0.3 is 4.74 Å². The number of nitrogens with one attached hydrogen (secondary N) is 1. The first-order chi connectivity index (χ1) is 10.1. The summed E-state index contributed by atoms with van der Waals surface area (Å²) in [6.45, 7) is 3.63. The third-order valence-electron chi connectivity index (χ3n) is 3.87. The molecule has 0 aromatic heterocycles. The number of aryl methyl sites for hydroxylation is 2. The predicted octanol–water partition coefficient (Wildman–Crippen LogP) is 1.03. The molecule has 1 aliphatic heterocycles. The summed E-state index contributed by atoms with van der Waals surface area (Å²) in [5.74, 6) is 0.675. The fraction of sp³-hybridized carbons (Fsp3) is 0.571. The number of sulfonamides is 1. The lowest BCUT2D eigenvalue weighted by Gasteiger charge is -2.14. The Morgan fingerprint density at radius 1 is 1.27 bits per heavy atom. The summed E-state index contributed by atoms with van der Waals surface area (Å²) in [6.07, 6.45) is 0.505. The molecule has 0 radical (unpaired) electrons. The van der Waals surface area contributed by atoms with Gasteiger partial charge in [-0.25, -0.2) is 21.6 Å². The van der Waals surface area contributed by atoms with Crippen molar-refractivity contribution < 1.29 is 21.6 Å². The molecule has 1 aromatic rings. The van der Waals surface area contributed by atoms with Gasteiger partial charge in [0.15, 0.2) is 9.84 Å². The molecule has 1 N–H and O–H groups in total. The Kier molecular flexibility index (Phi) is 4.84. The molecule has 0 spiro atoms. The second kappa shape index (κ2) is 6.17. The van der Waals surface area contributed by atoms with Crippen molar-refractivity contribution in [3.63, 3.8) is 0 Å². The highest BCUT2D eigenvalue weighted by atomic mass is 32.2. The highest BCUT2D eigenvalue weighted by Crippen LogP contribution is 2.26. The van der Waals surface area contributed by atoms with Crippen LogP contribution in [-0.2, 0) is 19.9 Å². The maximum absolute atomic E-state index is 12.4. The Morgan fingerprint density at radius 2 is 1.95 bits per heavy atom. The Hall–Kier alpha value is -1.12. The number of benzene rings is 1. The molecule has 0 amide bonds. The SMILES string of the molecule is COc1cc(C)c(S(=O)(=O)NCC2CCS(=O)(=O)C2)cc1C. The molecule has 1 aliphatic rings. The van der Waals surface area contributed by atoms with Crippen LogP contribution in [0.5, 0.6) is 5.75 Å². The molecule has 1 saturated heterocycles. The van der Waals surface area contributed by atoms with Gasteiger partial charge >= 0.3 is 0 Å². The van der Waals surface area contributed by atoms with Crippen LogP contribution in [-0.4, -0.2) is 42.0 Å². The Morgan fingerprint density at radius 3 is 2.50 bits per heavy atom. The summed E-state index contributed by atoms with van der Waals surface area (Å²) in [7, 11) is -5.13. The number of sulfone groups is 1.